The first-order valence-electron chi connectivity index (χ1n) is 8.34. The predicted molar refractivity (Wildman–Crippen MR) is 107 cm³/mol. The van der Waals surface area contributed by atoms with Gasteiger partial charge in [-0.05, 0) is 29.8 Å². The van der Waals surface area contributed by atoms with Crippen molar-refractivity contribution in [3.8, 4) is 11.5 Å². The van der Waals surface area contributed by atoms with Crippen LogP contribution in [-0.2, 0) is 0 Å². The number of imidazole rings is 1. The smallest absolute Gasteiger partial charge is 0.156 e. The van der Waals surface area contributed by atoms with Crippen LogP contribution in [0.1, 0.15) is 5.56 Å². The Labute approximate surface area is 151 Å². The van der Waals surface area contributed by atoms with Gasteiger partial charge in [-0.15, -0.1) is 0 Å². The highest BCUT2D eigenvalue weighted by molar-refractivity contribution is 5.80. The number of benzene rings is 2. The fraction of sp³-hybridized carbons (Fsp3) is 0.100. The molecule has 0 aliphatic heterocycles. The summed E-state index contributed by atoms with van der Waals surface area (Å²) in [6.07, 6.45) is 0. The van der Waals surface area contributed by atoms with Crippen LogP contribution in [0.5, 0.6) is 0 Å². The van der Waals surface area contributed by atoms with Crippen molar-refractivity contribution in [3.05, 3.63) is 66.7 Å². The van der Waals surface area contributed by atoms with Crippen molar-refractivity contribution in [2.75, 3.05) is 24.3 Å². The number of hydrogen-bond acceptors (Lipinski definition) is 4. The molecule has 4 rings (SSSR count). The lowest BCUT2D eigenvalue weighted by Gasteiger charge is -2.13. The van der Waals surface area contributed by atoms with Crippen LogP contribution in [0.25, 0.3) is 28.2 Å². The van der Waals surface area contributed by atoms with Crippen molar-refractivity contribution in [2.45, 2.75) is 0 Å². The Kier molecular flexibility index (Phi) is 3.93. The monoisotopic (exact) mass is 344 g/mol. The highest BCUT2D eigenvalue weighted by Gasteiger charge is 2.09. The number of hydrogen-bond donors (Lipinski definition) is 3. The highest BCUT2D eigenvalue weighted by Crippen LogP contribution is 2.23. The molecule has 2 aromatic heterocycles. The average molecular weight is 344 g/mol. The number of fused-ring (bicyclic) bond motifs is 1. The van der Waals surface area contributed by atoms with E-state index in [1.807, 2.05) is 56.6 Å². The molecule has 2 aromatic carbocycles. The second-order valence-corrected chi connectivity index (χ2v) is 6.31. The third-order valence-corrected chi connectivity index (χ3v) is 4.23. The van der Waals surface area contributed by atoms with Crippen LogP contribution in [-0.4, -0.2) is 34.3 Å². The number of para-hydroxylation sites is 2. The Morgan fingerprint density at radius 3 is 2.58 bits per heavy atom. The molecule has 0 amide bonds. The maximum atomic E-state index is 4.58. The molecule has 0 saturated carbocycles. The largest absolute Gasteiger partial charge is 0.378 e. The molecular formula is C20H20N6. The number of nitrogens with zero attached hydrogens (tertiary/aromatic N) is 3. The zero-order valence-electron chi connectivity index (χ0n) is 14.7. The van der Waals surface area contributed by atoms with Gasteiger partial charge in [0.2, 0.25) is 0 Å². The van der Waals surface area contributed by atoms with E-state index in [1.165, 1.54) is 0 Å². The molecule has 0 aliphatic rings. The van der Waals surface area contributed by atoms with Crippen LogP contribution in [0, 0.1) is 0 Å². The maximum absolute atomic E-state index is 4.58. The number of H-pyrrole nitrogens is 2. The number of nitrogens with one attached hydrogen (secondary N) is 3. The number of rotatable bonds is 5. The van der Waals surface area contributed by atoms with E-state index in [0.717, 1.165) is 39.5 Å². The standard InChI is InChI=1S/C20H20N6/c1-13(14-8-10-15(11-9-14)26(2)3)21-19-12-18(24-25-19)20-22-16-6-4-5-7-17(16)23-20/h4-12H,1H2,2-3H3,(H,22,23)(H2,21,24,25). The summed E-state index contributed by atoms with van der Waals surface area (Å²) in [6, 6.07) is 18.0. The number of anilines is 2. The summed E-state index contributed by atoms with van der Waals surface area (Å²) in [5, 5.41) is 10.6. The second-order valence-electron chi connectivity index (χ2n) is 6.31. The van der Waals surface area contributed by atoms with Gasteiger partial charge in [0.15, 0.2) is 11.6 Å². The van der Waals surface area contributed by atoms with Gasteiger partial charge in [-0.25, -0.2) is 4.98 Å². The first kappa shape index (κ1) is 16.0. The van der Waals surface area contributed by atoms with E-state index < -0.39 is 0 Å². The lowest BCUT2D eigenvalue weighted by atomic mass is 10.1. The van der Waals surface area contributed by atoms with Crippen molar-refractivity contribution < 1.29 is 0 Å². The van der Waals surface area contributed by atoms with E-state index in [0.29, 0.717) is 5.82 Å². The number of aromatic nitrogens is 4. The Balaban J connectivity index is 1.51. The maximum Gasteiger partial charge on any atom is 0.156 e. The van der Waals surface area contributed by atoms with Gasteiger partial charge in [-0.3, -0.25) is 5.10 Å². The van der Waals surface area contributed by atoms with E-state index in [9.17, 15) is 0 Å². The summed E-state index contributed by atoms with van der Waals surface area (Å²) in [4.78, 5) is 9.93. The van der Waals surface area contributed by atoms with E-state index in [4.69, 9.17) is 0 Å². The summed E-state index contributed by atoms with van der Waals surface area (Å²) in [5.74, 6) is 1.45. The number of aromatic amines is 2. The minimum Gasteiger partial charge on any atom is -0.378 e. The topological polar surface area (TPSA) is 72.6 Å². The van der Waals surface area contributed by atoms with Crippen molar-refractivity contribution >= 4 is 28.2 Å². The Bertz CT molecular complexity index is 1020. The van der Waals surface area contributed by atoms with Crippen LogP contribution in [0.2, 0.25) is 0 Å². The highest BCUT2D eigenvalue weighted by atomic mass is 15.2. The predicted octanol–water partition coefficient (Wildman–Crippen LogP) is 4.10. The molecular weight excluding hydrogens is 324 g/mol. The van der Waals surface area contributed by atoms with Crippen LogP contribution < -0.4 is 10.2 Å². The zero-order chi connectivity index (χ0) is 18.1. The van der Waals surface area contributed by atoms with Gasteiger partial charge in [-0.1, -0.05) is 30.8 Å². The molecule has 6 heteroatoms. The molecule has 2 heterocycles. The Morgan fingerprint density at radius 1 is 1.08 bits per heavy atom. The molecule has 26 heavy (non-hydrogen) atoms. The van der Waals surface area contributed by atoms with Crippen LogP contribution >= 0.6 is 0 Å². The molecule has 0 spiro atoms. The third kappa shape index (κ3) is 3.04. The average Bonchev–Trinajstić information content (AvgIpc) is 3.28. The summed E-state index contributed by atoms with van der Waals surface area (Å²) in [7, 11) is 4.04. The lowest BCUT2D eigenvalue weighted by Crippen LogP contribution is -2.08. The molecule has 3 N–H and O–H groups in total. The van der Waals surface area contributed by atoms with Gasteiger partial charge in [0.1, 0.15) is 5.69 Å². The summed E-state index contributed by atoms with van der Waals surface area (Å²) in [6.45, 7) is 4.11. The normalized spacial score (nSPS) is 10.8. The quantitative estimate of drug-likeness (QED) is 0.510. The van der Waals surface area contributed by atoms with E-state index >= 15 is 0 Å². The molecule has 0 bridgehead atoms. The first-order chi connectivity index (χ1) is 12.6. The molecule has 130 valence electrons. The molecule has 6 nitrogen and oxygen atoms in total. The summed E-state index contributed by atoms with van der Waals surface area (Å²) >= 11 is 0. The van der Waals surface area contributed by atoms with E-state index in [-0.39, 0.29) is 0 Å². The molecule has 0 fully saturated rings. The van der Waals surface area contributed by atoms with Gasteiger partial charge in [0.25, 0.3) is 0 Å². The third-order valence-electron chi connectivity index (χ3n) is 4.23. The van der Waals surface area contributed by atoms with Crippen LogP contribution in [0.4, 0.5) is 11.5 Å². The Hall–Kier alpha value is -3.54. The van der Waals surface area contributed by atoms with Gasteiger partial charge < -0.3 is 15.2 Å². The van der Waals surface area contributed by atoms with Crippen molar-refractivity contribution in [1.82, 2.24) is 20.2 Å². The summed E-state index contributed by atoms with van der Waals surface area (Å²) in [5.41, 5.74) is 5.70. The van der Waals surface area contributed by atoms with E-state index in [1.54, 1.807) is 0 Å². The minimum absolute atomic E-state index is 0.696. The molecule has 0 saturated heterocycles. The van der Waals surface area contributed by atoms with Gasteiger partial charge in [0, 0.05) is 31.5 Å². The Morgan fingerprint density at radius 2 is 1.85 bits per heavy atom. The SMILES string of the molecule is C=C(Nc1cc(-c2nc3ccccc3[nH]2)[nH]n1)c1ccc(N(C)C)cc1. The molecule has 0 atom stereocenters. The zero-order valence-corrected chi connectivity index (χ0v) is 14.7. The second kappa shape index (κ2) is 6.40. The lowest BCUT2D eigenvalue weighted by molar-refractivity contribution is 1.08. The van der Waals surface area contributed by atoms with Gasteiger partial charge in [-0.2, -0.15) is 5.10 Å². The van der Waals surface area contributed by atoms with Gasteiger partial charge >= 0.3 is 0 Å². The fourth-order valence-corrected chi connectivity index (χ4v) is 2.77. The van der Waals surface area contributed by atoms with Crippen molar-refractivity contribution in [1.29, 1.82) is 0 Å². The van der Waals surface area contributed by atoms with Crippen LogP contribution in [0.3, 0.4) is 0 Å². The van der Waals surface area contributed by atoms with E-state index in [2.05, 4.69) is 49.1 Å². The molecule has 0 unspecified atom stereocenters. The summed E-state index contributed by atoms with van der Waals surface area (Å²) < 4.78 is 0. The first-order valence-corrected chi connectivity index (χ1v) is 8.34. The van der Waals surface area contributed by atoms with Crippen molar-refractivity contribution in [2.24, 2.45) is 0 Å². The minimum atomic E-state index is 0.696. The fourth-order valence-electron chi connectivity index (χ4n) is 2.77. The molecule has 0 radical (unpaired) electrons. The van der Waals surface area contributed by atoms with Gasteiger partial charge in [0.05, 0.1) is 11.0 Å². The molecule has 0 aliphatic carbocycles. The molecule has 4 aromatic rings. The van der Waals surface area contributed by atoms with Crippen molar-refractivity contribution in [3.63, 3.8) is 0 Å². The van der Waals surface area contributed by atoms with Crippen LogP contribution in [0.15, 0.2) is 61.2 Å².